The molecule has 5 rings (SSSR count). The van der Waals surface area contributed by atoms with Crippen LogP contribution in [0.1, 0.15) is 29.5 Å². The number of oxazole rings is 1. The molecule has 0 radical (unpaired) electrons. The van der Waals surface area contributed by atoms with Crippen LogP contribution in [-0.4, -0.2) is 41.3 Å². The maximum absolute atomic E-state index is 12.6. The van der Waals surface area contributed by atoms with Crippen LogP contribution in [0, 0.1) is 6.92 Å². The molecular formula is C31H32N4O4. The second-order valence-electron chi connectivity index (χ2n) is 9.39. The summed E-state index contributed by atoms with van der Waals surface area (Å²) in [6.45, 7) is 5.09. The van der Waals surface area contributed by atoms with Crippen LogP contribution in [-0.2, 0) is 28.9 Å². The number of aryl methyl sites for hydroxylation is 1. The minimum Gasteiger partial charge on any atom is -0.493 e. The molecule has 39 heavy (non-hydrogen) atoms. The van der Waals surface area contributed by atoms with Crippen molar-refractivity contribution in [1.29, 1.82) is 0 Å². The van der Waals surface area contributed by atoms with Crippen molar-refractivity contribution in [2.45, 2.75) is 45.3 Å². The van der Waals surface area contributed by atoms with E-state index < -0.39 is 6.04 Å². The second-order valence-corrected chi connectivity index (χ2v) is 9.39. The van der Waals surface area contributed by atoms with Gasteiger partial charge in [0.1, 0.15) is 11.5 Å². The highest BCUT2D eigenvalue weighted by atomic mass is 16.5. The fraction of sp³-hybridized carbons (Fsp3) is 0.290. The van der Waals surface area contributed by atoms with Crippen molar-refractivity contribution >= 4 is 5.97 Å². The number of rotatable bonds is 11. The lowest BCUT2D eigenvalue weighted by Crippen LogP contribution is -2.41. The number of nitrogens with zero attached hydrogens (tertiary/aromatic N) is 4. The van der Waals surface area contributed by atoms with E-state index in [0.29, 0.717) is 38.5 Å². The van der Waals surface area contributed by atoms with E-state index in [-0.39, 0.29) is 12.0 Å². The van der Waals surface area contributed by atoms with Crippen LogP contribution in [0.5, 0.6) is 5.75 Å². The van der Waals surface area contributed by atoms with E-state index in [1.807, 2.05) is 96.9 Å². The van der Waals surface area contributed by atoms with Gasteiger partial charge in [0, 0.05) is 12.0 Å². The number of carbonyl (C=O) groups is 1. The first kappa shape index (κ1) is 26.2. The van der Waals surface area contributed by atoms with Crippen LogP contribution in [0.3, 0.4) is 0 Å². The van der Waals surface area contributed by atoms with Crippen molar-refractivity contribution in [1.82, 2.24) is 9.99 Å². The highest BCUT2D eigenvalue weighted by Crippen LogP contribution is 2.26. The molecule has 3 aromatic carbocycles. The summed E-state index contributed by atoms with van der Waals surface area (Å²) in [6, 6.07) is 27.0. The molecule has 0 aliphatic carbocycles. The molecule has 1 aliphatic heterocycles. The first-order valence-corrected chi connectivity index (χ1v) is 13.2. The van der Waals surface area contributed by atoms with Gasteiger partial charge in [-0.05, 0) is 55.7 Å². The first-order valence-electron chi connectivity index (χ1n) is 13.2. The molecule has 0 N–H and O–H groups in total. The van der Waals surface area contributed by atoms with Gasteiger partial charge in [-0.3, -0.25) is 5.01 Å². The summed E-state index contributed by atoms with van der Waals surface area (Å²) in [4.78, 5) is 17.3. The van der Waals surface area contributed by atoms with Crippen molar-refractivity contribution in [3.8, 4) is 17.2 Å². The number of aromatic nitrogens is 1. The van der Waals surface area contributed by atoms with Gasteiger partial charge in [0.15, 0.2) is 6.04 Å². The summed E-state index contributed by atoms with van der Waals surface area (Å²) in [7, 11) is 0. The van der Waals surface area contributed by atoms with Gasteiger partial charge in [-0.1, -0.05) is 65.9 Å². The van der Waals surface area contributed by atoms with Crippen LogP contribution in [0.25, 0.3) is 11.5 Å². The Morgan fingerprint density at radius 2 is 1.67 bits per heavy atom. The van der Waals surface area contributed by atoms with Crippen molar-refractivity contribution < 1.29 is 18.7 Å². The molecule has 0 saturated carbocycles. The molecule has 2 heterocycles. The molecule has 2 atom stereocenters. The molecule has 0 saturated heterocycles. The van der Waals surface area contributed by atoms with Gasteiger partial charge in [0.2, 0.25) is 5.89 Å². The second kappa shape index (κ2) is 12.4. The maximum Gasteiger partial charge on any atom is 0.335 e. The molecule has 0 amide bonds. The van der Waals surface area contributed by atoms with Crippen molar-refractivity contribution in [3.05, 3.63) is 108 Å². The van der Waals surface area contributed by atoms with Crippen molar-refractivity contribution in [2.75, 3.05) is 13.2 Å². The molecule has 1 aromatic heterocycles. The quantitative estimate of drug-likeness (QED) is 0.224. The Bertz CT molecular complexity index is 1390. The molecule has 0 fully saturated rings. The third-order valence-corrected chi connectivity index (χ3v) is 6.64. The lowest BCUT2D eigenvalue weighted by Gasteiger charge is -2.25. The van der Waals surface area contributed by atoms with Crippen LogP contribution in [0.2, 0.25) is 0 Å². The van der Waals surface area contributed by atoms with E-state index >= 15 is 0 Å². The number of esters is 1. The minimum absolute atomic E-state index is 0.232. The topological polar surface area (TPSA) is 89.5 Å². The number of benzene rings is 3. The summed E-state index contributed by atoms with van der Waals surface area (Å²) in [5, 5.41) is 10.5. The Labute approximate surface area is 228 Å². The van der Waals surface area contributed by atoms with Gasteiger partial charge in [-0.25, -0.2) is 9.78 Å². The average Bonchev–Trinajstić information content (AvgIpc) is 3.53. The first-order chi connectivity index (χ1) is 19.1. The van der Waals surface area contributed by atoms with E-state index in [1.54, 1.807) is 6.92 Å². The molecule has 8 nitrogen and oxygen atoms in total. The molecule has 200 valence electrons. The Kier molecular flexibility index (Phi) is 8.31. The lowest BCUT2D eigenvalue weighted by atomic mass is 9.99. The number of ether oxygens (including phenoxy) is 2. The summed E-state index contributed by atoms with van der Waals surface area (Å²) >= 11 is 0. The molecule has 0 bridgehead atoms. The lowest BCUT2D eigenvalue weighted by molar-refractivity contribution is -0.145. The van der Waals surface area contributed by atoms with E-state index in [4.69, 9.17) is 13.9 Å². The minimum atomic E-state index is -0.656. The Morgan fingerprint density at radius 3 is 2.38 bits per heavy atom. The third-order valence-electron chi connectivity index (χ3n) is 6.64. The van der Waals surface area contributed by atoms with Crippen molar-refractivity contribution in [3.63, 3.8) is 0 Å². The Morgan fingerprint density at radius 1 is 0.949 bits per heavy atom. The largest absolute Gasteiger partial charge is 0.493 e. The van der Waals surface area contributed by atoms with Gasteiger partial charge in [-0.2, -0.15) is 5.11 Å². The summed E-state index contributed by atoms with van der Waals surface area (Å²) in [6.07, 6.45) is 1.24. The number of hydrogen-bond acceptors (Lipinski definition) is 8. The number of carbonyl (C=O) groups excluding carboxylic acids is 1. The highest BCUT2D eigenvalue weighted by molar-refractivity contribution is 5.77. The molecule has 0 spiro atoms. The summed E-state index contributed by atoms with van der Waals surface area (Å²) in [5.74, 6) is 1.85. The molecule has 8 heteroatoms. The fourth-order valence-corrected chi connectivity index (χ4v) is 4.59. The van der Waals surface area contributed by atoms with Crippen LogP contribution in [0.4, 0.5) is 0 Å². The molecular weight excluding hydrogens is 492 g/mol. The monoisotopic (exact) mass is 524 g/mol. The smallest absolute Gasteiger partial charge is 0.335 e. The Balaban J connectivity index is 1.19. The molecule has 1 aliphatic rings. The van der Waals surface area contributed by atoms with Crippen LogP contribution in [0.15, 0.2) is 99.7 Å². The van der Waals surface area contributed by atoms with E-state index in [2.05, 4.69) is 15.3 Å². The van der Waals surface area contributed by atoms with E-state index in [1.165, 1.54) is 0 Å². The average molecular weight is 525 g/mol. The standard InChI is InChI=1S/C31H32N4O4/c1-3-37-31(36)29-28(35(34-33-29)21-24-10-6-4-7-11-24)20-23-14-16-26(17-15-23)38-19-18-27-22(2)39-30(32-27)25-12-8-5-9-13-25/h4-17,28-29H,3,18-21H2,1-2H3. The highest BCUT2D eigenvalue weighted by Gasteiger charge is 2.38. The zero-order valence-electron chi connectivity index (χ0n) is 22.2. The van der Waals surface area contributed by atoms with Gasteiger partial charge in [0.05, 0.1) is 31.5 Å². The summed E-state index contributed by atoms with van der Waals surface area (Å²) in [5.41, 5.74) is 4.02. The van der Waals surface area contributed by atoms with Crippen LogP contribution < -0.4 is 4.74 Å². The maximum atomic E-state index is 12.6. The summed E-state index contributed by atoms with van der Waals surface area (Å²) < 4.78 is 17.1. The van der Waals surface area contributed by atoms with Gasteiger partial charge >= 0.3 is 5.97 Å². The van der Waals surface area contributed by atoms with Crippen LogP contribution >= 0.6 is 0 Å². The normalized spacial score (nSPS) is 16.4. The Hall–Kier alpha value is -4.46. The van der Waals surface area contributed by atoms with E-state index in [9.17, 15) is 4.79 Å². The molecule has 4 aromatic rings. The fourth-order valence-electron chi connectivity index (χ4n) is 4.59. The predicted octanol–water partition coefficient (Wildman–Crippen LogP) is 6.00. The third kappa shape index (κ3) is 6.52. The zero-order valence-corrected chi connectivity index (χ0v) is 22.2. The zero-order chi connectivity index (χ0) is 27.0. The van der Waals surface area contributed by atoms with Gasteiger partial charge in [-0.15, -0.1) is 0 Å². The number of hydrogen-bond donors (Lipinski definition) is 0. The van der Waals surface area contributed by atoms with E-state index in [0.717, 1.165) is 33.9 Å². The predicted molar refractivity (Wildman–Crippen MR) is 147 cm³/mol. The van der Waals surface area contributed by atoms with Gasteiger partial charge < -0.3 is 13.9 Å². The SMILES string of the molecule is CCOC(=O)C1N=NN(Cc2ccccc2)C1Cc1ccc(OCCc2nc(-c3ccccc3)oc2C)cc1. The van der Waals surface area contributed by atoms with Crippen molar-refractivity contribution in [2.24, 2.45) is 10.3 Å². The van der Waals surface area contributed by atoms with Gasteiger partial charge in [0.25, 0.3) is 0 Å². The molecule has 2 unspecified atom stereocenters.